The number of rotatable bonds is 8. The summed E-state index contributed by atoms with van der Waals surface area (Å²) in [7, 11) is 0. The molecule has 1 atom stereocenters. The van der Waals surface area contributed by atoms with Crippen LogP contribution in [0, 0.1) is 10.1 Å². The number of esters is 1. The lowest BCUT2D eigenvalue weighted by Gasteiger charge is -2.23. The Morgan fingerprint density at radius 3 is 1.86 bits per heavy atom. The molecular formula is C26H32N2O7. The number of nitro benzene ring substituents is 1. The predicted molar refractivity (Wildman–Crippen MR) is 130 cm³/mol. The molecule has 0 bridgehead atoms. The quantitative estimate of drug-likeness (QED) is 0.324. The third-order valence-corrected chi connectivity index (χ3v) is 4.63. The van der Waals surface area contributed by atoms with Gasteiger partial charge in [-0.3, -0.25) is 14.9 Å². The molecule has 1 amide bonds. The summed E-state index contributed by atoms with van der Waals surface area (Å²) < 4.78 is 10.6. The Bertz CT molecular complexity index is 1060. The summed E-state index contributed by atoms with van der Waals surface area (Å²) in [6.45, 7) is 10.5. The molecule has 0 saturated heterocycles. The molecule has 2 rings (SSSR count). The maximum absolute atomic E-state index is 13.1. The van der Waals surface area contributed by atoms with Crippen molar-refractivity contribution in [2.45, 2.75) is 71.6 Å². The van der Waals surface area contributed by atoms with Crippen molar-refractivity contribution in [3.63, 3.8) is 0 Å². The van der Waals surface area contributed by atoms with Crippen molar-refractivity contribution in [1.29, 1.82) is 0 Å². The fraction of sp³-hybridized carbons (Fsp3) is 0.423. The highest BCUT2D eigenvalue weighted by atomic mass is 16.6. The van der Waals surface area contributed by atoms with Gasteiger partial charge in [0.1, 0.15) is 11.2 Å². The molecule has 9 heteroatoms. The van der Waals surface area contributed by atoms with Crippen LogP contribution in [0.5, 0.6) is 0 Å². The van der Waals surface area contributed by atoms with Crippen molar-refractivity contribution >= 4 is 23.5 Å². The number of benzene rings is 2. The summed E-state index contributed by atoms with van der Waals surface area (Å²) in [5, 5.41) is 13.5. The molecule has 188 valence electrons. The Labute approximate surface area is 205 Å². The minimum Gasteiger partial charge on any atom is -0.456 e. The third kappa shape index (κ3) is 9.56. The monoisotopic (exact) mass is 484 g/mol. The minimum absolute atomic E-state index is 0.00203. The highest BCUT2D eigenvalue weighted by molar-refractivity contribution is 5.91. The van der Waals surface area contributed by atoms with Gasteiger partial charge >= 0.3 is 12.1 Å². The number of nitrogens with zero attached hydrogens (tertiary/aromatic N) is 1. The number of amides is 1. The summed E-state index contributed by atoms with van der Waals surface area (Å²) in [4.78, 5) is 48.1. The Kier molecular flexibility index (Phi) is 8.73. The molecule has 1 N–H and O–H groups in total. The molecule has 0 fully saturated rings. The van der Waals surface area contributed by atoms with Gasteiger partial charge in [0.15, 0.2) is 5.78 Å². The number of nitrogens with one attached hydrogen (secondary N) is 1. The average molecular weight is 485 g/mol. The van der Waals surface area contributed by atoms with Crippen molar-refractivity contribution in [3.8, 4) is 0 Å². The Morgan fingerprint density at radius 1 is 0.857 bits per heavy atom. The van der Waals surface area contributed by atoms with Crippen LogP contribution in [0.1, 0.15) is 63.0 Å². The van der Waals surface area contributed by atoms with Crippen LogP contribution < -0.4 is 5.32 Å². The van der Waals surface area contributed by atoms with Gasteiger partial charge in [0, 0.05) is 18.6 Å². The number of hydrogen-bond acceptors (Lipinski definition) is 7. The van der Waals surface area contributed by atoms with Crippen LogP contribution in [0.2, 0.25) is 0 Å². The average Bonchev–Trinajstić information content (AvgIpc) is 2.71. The zero-order valence-electron chi connectivity index (χ0n) is 20.9. The second-order valence-electron chi connectivity index (χ2n) is 10.2. The topological polar surface area (TPSA) is 125 Å². The molecule has 2 aromatic carbocycles. The molecule has 0 unspecified atom stereocenters. The molecule has 0 heterocycles. The van der Waals surface area contributed by atoms with Crippen molar-refractivity contribution in [1.82, 2.24) is 5.32 Å². The fourth-order valence-corrected chi connectivity index (χ4v) is 3.10. The number of nitro groups is 1. The smallest absolute Gasteiger partial charge is 0.408 e. The van der Waals surface area contributed by atoms with Gasteiger partial charge in [0.05, 0.1) is 16.5 Å². The fourth-order valence-electron chi connectivity index (χ4n) is 3.10. The summed E-state index contributed by atoms with van der Waals surface area (Å²) >= 11 is 0. The number of carbonyl (C=O) groups excluding carboxylic acids is 3. The van der Waals surface area contributed by atoms with Crippen molar-refractivity contribution < 1.29 is 28.8 Å². The first-order valence-corrected chi connectivity index (χ1v) is 11.2. The van der Waals surface area contributed by atoms with E-state index in [-0.39, 0.29) is 24.3 Å². The van der Waals surface area contributed by atoms with Gasteiger partial charge in [0.2, 0.25) is 0 Å². The molecule has 0 aliphatic heterocycles. The van der Waals surface area contributed by atoms with Gasteiger partial charge in [-0.2, -0.15) is 0 Å². The van der Waals surface area contributed by atoms with Crippen LogP contribution in [0.4, 0.5) is 10.5 Å². The number of hydrogen-bond donors (Lipinski definition) is 1. The maximum atomic E-state index is 13.1. The lowest BCUT2D eigenvalue weighted by molar-refractivity contribution is -0.384. The summed E-state index contributed by atoms with van der Waals surface area (Å²) in [5.74, 6) is -0.739. The van der Waals surface area contributed by atoms with Crippen molar-refractivity contribution in [2.75, 3.05) is 0 Å². The Hall–Kier alpha value is -3.75. The lowest BCUT2D eigenvalue weighted by Crippen LogP contribution is -2.45. The molecule has 0 saturated carbocycles. The molecule has 0 spiro atoms. The molecule has 9 nitrogen and oxygen atoms in total. The summed E-state index contributed by atoms with van der Waals surface area (Å²) in [5.41, 5.74) is 0.228. The Morgan fingerprint density at radius 2 is 1.37 bits per heavy atom. The van der Waals surface area contributed by atoms with Crippen LogP contribution in [-0.2, 0) is 27.1 Å². The highest BCUT2D eigenvalue weighted by Gasteiger charge is 2.25. The van der Waals surface area contributed by atoms with E-state index >= 15 is 0 Å². The molecule has 0 aromatic heterocycles. The van der Waals surface area contributed by atoms with E-state index in [1.54, 1.807) is 77.9 Å². The molecule has 0 radical (unpaired) electrons. The van der Waals surface area contributed by atoms with E-state index in [4.69, 9.17) is 9.47 Å². The lowest BCUT2D eigenvalue weighted by atomic mass is 9.97. The van der Waals surface area contributed by atoms with E-state index in [1.165, 1.54) is 12.1 Å². The Balaban J connectivity index is 2.16. The molecule has 2 aromatic rings. The van der Waals surface area contributed by atoms with Crippen LogP contribution in [0.15, 0.2) is 48.5 Å². The first-order chi connectivity index (χ1) is 16.1. The zero-order valence-corrected chi connectivity index (χ0v) is 20.9. The van der Waals surface area contributed by atoms with Crippen LogP contribution in [0.25, 0.3) is 0 Å². The van der Waals surface area contributed by atoms with Gasteiger partial charge in [-0.05, 0) is 71.2 Å². The zero-order chi connectivity index (χ0) is 26.4. The van der Waals surface area contributed by atoms with E-state index in [0.717, 1.165) is 0 Å². The second kappa shape index (κ2) is 11.1. The molecular weight excluding hydrogens is 452 g/mol. The van der Waals surface area contributed by atoms with Gasteiger partial charge in [-0.15, -0.1) is 0 Å². The second-order valence-corrected chi connectivity index (χ2v) is 10.2. The van der Waals surface area contributed by atoms with Crippen LogP contribution >= 0.6 is 0 Å². The van der Waals surface area contributed by atoms with E-state index in [9.17, 15) is 24.5 Å². The van der Waals surface area contributed by atoms with Crippen molar-refractivity contribution in [2.24, 2.45) is 0 Å². The number of ketones is 1. The third-order valence-electron chi connectivity index (χ3n) is 4.63. The number of Topliss-reactive ketones (excluding diaryl/α,β-unsaturated/α-hetero) is 1. The van der Waals surface area contributed by atoms with Gasteiger partial charge in [0.25, 0.3) is 5.69 Å². The summed E-state index contributed by atoms with van der Waals surface area (Å²) in [6, 6.07) is 11.4. The van der Waals surface area contributed by atoms with Gasteiger partial charge < -0.3 is 14.8 Å². The first kappa shape index (κ1) is 27.5. The van der Waals surface area contributed by atoms with E-state index in [2.05, 4.69) is 5.32 Å². The molecule has 35 heavy (non-hydrogen) atoms. The molecule has 0 aliphatic rings. The van der Waals surface area contributed by atoms with Crippen LogP contribution in [0.3, 0.4) is 0 Å². The van der Waals surface area contributed by atoms with Crippen LogP contribution in [-0.4, -0.2) is 40.0 Å². The first-order valence-electron chi connectivity index (χ1n) is 11.2. The summed E-state index contributed by atoms with van der Waals surface area (Å²) in [6.07, 6.45) is -0.605. The normalized spacial score (nSPS) is 12.4. The predicted octanol–water partition coefficient (Wildman–Crippen LogP) is 4.80. The number of alkyl carbamates (subject to hydrolysis) is 1. The van der Waals surface area contributed by atoms with E-state index in [0.29, 0.717) is 16.7 Å². The van der Waals surface area contributed by atoms with Gasteiger partial charge in [-0.1, -0.05) is 24.3 Å². The van der Waals surface area contributed by atoms with Crippen molar-refractivity contribution in [3.05, 3.63) is 75.3 Å². The number of carbonyl (C=O) groups is 3. The van der Waals surface area contributed by atoms with Gasteiger partial charge in [-0.25, -0.2) is 9.59 Å². The largest absolute Gasteiger partial charge is 0.456 e. The minimum atomic E-state index is -0.920. The van der Waals surface area contributed by atoms with E-state index < -0.39 is 34.2 Å². The number of non-ortho nitro benzene ring substituents is 1. The SMILES string of the molecule is CC(C)(C)OC(=O)N[C@@H](Cc1ccc([N+](=O)[O-])cc1)C(=O)Cc1ccc(C(=O)OC(C)(C)C)cc1. The highest BCUT2D eigenvalue weighted by Crippen LogP contribution is 2.17. The maximum Gasteiger partial charge on any atom is 0.408 e. The molecule has 0 aliphatic carbocycles. The standard InChI is InChI=1S/C26H32N2O7/c1-25(2,3)34-23(30)19-11-7-18(8-12-19)16-22(29)21(27-24(31)35-26(4,5)6)15-17-9-13-20(14-10-17)28(32)33/h7-14,21H,15-16H2,1-6H3,(H,27,31)/t21-/m0/s1. The number of ether oxygens (including phenoxy) is 2. The van der Waals surface area contributed by atoms with E-state index in [1.807, 2.05) is 0 Å².